The number of hydrogen-bond acceptors (Lipinski definition) is 4. The molecular formula is C14H18N2O4. The maximum Gasteiger partial charge on any atom is 0.269 e. The van der Waals surface area contributed by atoms with Gasteiger partial charge in [-0.05, 0) is 31.4 Å². The van der Waals surface area contributed by atoms with Crippen molar-refractivity contribution < 1.29 is 14.5 Å². The monoisotopic (exact) mass is 278 g/mol. The van der Waals surface area contributed by atoms with Gasteiger partial charge in [0.15, 0.2) is 0 Å². The Labute approximate surface area is 117 Å². The molecule has 1 aromatic carbocycles. The molecule has 1 atom stereocenters. The molecule has 0 radical (unpaired) electrons. The van der Waals surface area contributed by atoms with Crippen LogP contribution >= 0.6 is 0 Å². The third-order valence-corrected chi connectivity index (χ3v) is 3.65. The summed E-state index contributed by atoms with van der Waals surface area (Å²) < 4.78 is 5.14. The summed E-state index contributed by atoms with van der Waals surface area (Å²) in [4.78, 5) is 24.6. The fraction of sp³-hybridized carbons (Fsp3) is 0.500. The molecule has 1 aliphatic heterocycles. The van der Waals surface area contributed by atoms with E-state index in [9.17, 15) is 14.9 Å². The first kappa shape index (κ1) is 14.5. The first-order valence-electron chi connectivity index (χ1n) is 6.59. The highest BCUT2D eigenvalue weighted by Crippen LogP contribution is 2.23. The number of aryl methyl sites for hydroxylation is 1. The fourth-order valence-corrected chi connectivity index (χ4v) is 2.62. The van der Waals surface area contributed by atoms with Crippen LogP contribution in [0.1, 0.15) is 28.8 Å². The number of rotatable bonds is 4. The van der Waals surface area contributed by atoms with Gasteiger partial charge in [0.2, 0.25) is 0 Å². The van der Waals surface area contributed by atoms with E-state index in [1.165, 1.54) is 18.2 Å². The van der Waals surface area contributed by atoms with Crippen LogP contribution in [0.15, 0.2) is 18.2 Å². The van der Waals surface area contributed by atoms with E-state index in [1.54, 1.807) is 18.9 Å². The smallest absolute Gasteiger partial charge is 0.269 e. The first-order chi connectivity index (χ1) is 9.54. The van der Waals surface area contributed by atoms with E-state index in [0.717, 1.165) is 12.8 Å². The first-order valence-corrected chi connectivity index (χ1v) is 6.59. The number of nitro groups is 1. The molecule has 0 aromatic heterocycles. The van der Waals surface area contributed by atoms with Gasteiger partial charge >= 0.3 is 0 Å². The van der Waals surface area contributed by atoms with Gasteiger partial charge in [0.05, 0.1) is 17.6 Å². The minimum absolute atomic E-state index is 0.00825. The van der Waals surface area contributed by atoms with E-state index in [-0.39, 0.29) is 17.6 Å². The number of likely N-dealkylation sites (tertiary alicyclic amines) is 1. The van der Waals surface area contributed by atoms with E-state index in [1.807, 2.05) is 0 Å². The van der Waals surface area contributed by atoms with E-state index in [2.05, 4.69) is 0 Å². The van der Waals surface area contributed by atoms with Crippen LogP contribution in [0.25, 0.3) is 0 Å². The van der Waals surface area contributed by atoms with E-state index in [4.69, 9.17) is 4.74 Å². The van der Waals surface area contributed by atoms with Gasteiger partial charge in [0.1, 0.15) is 0 Å². The molecule has 0 aliphatic carbocycles. The molecule has 20 heavy (non-hydrogen) atoms. The molecule has 1 heterocycles. The van der Waals surface area contributed by atoms with Crippen LogP contribution in [-0.4, -0.2) is 42.0 Å². The van der Waals surface area contributed by atoms with Gasteiger partial charge in [0, 0.05) is 31.4 Å². The molecule has 0 unspecified atom stereocenters. The number of carbonyl (C=O) groups excluding carboxylic acids is 1. The fourth-order valence-electron chi connectivity index (χ4n) is 2.62. The Balaban J connectivity index is 2.22. The number of nitro benzene ring substituents is 1. The average Bonchev–Trinajstić information content (AvgIpc) is 2.86. The Morgan fingerprint density at radius 3 is 2.90 bits per heavy atom. The Bertz CT molecular complexity index is 530. The van der Waals surface area contributed by atoms with Crippen molar-refractivity contribution in [3.63, 3.8) is 0 Å². The number of non-ortho nitro benzene ring substituents is 1. The Morgan fingerprint density at radius 1 is 1.55 bits per heavy atom. The standard InChI is InChI=1S/C14H18N2O4/c1-10-8-11(16(18)19)5-6-13(10)14(17)15-7-3-4-12(15)9-20-2/h5-6,8,12H,3-4,7,9H2,1-2H3/t12-/m0/s1. The molecule has 6 nitrogen and oxygen atoms in total. The van der Waals surface area contributed by atoms with Gasteiger partial charge in [-0.3, -0.25) is 14.9 Å². The number of carbonyl (C=O) groups is 1. The number of nitrogens with zero attached hydrogens (tertiary/aromatic N) is 2. The average molecular weight is 278 g/mol. The number of ether oxygens (including phenoxy) is 1. The number of amides is 1. The summed E-state index contributed by atoms with van der Waals surface area (Å²) in [7, 11) is 1.62. The lowest BCUT2D eigenvalue weighted by molar-refractivity contribution is -0.384. The van der Waals surface area contributed by atoms with E-state index < -0.39 is 4.92 Å². The van der Waals surface area contributed by atoms with Crippen molar-refractivity contribution in [2.75, 3.05) is 20.3 Å². The second-order valence-electron chi connectivity index (χ2n) is 5.01. The second kappa shape index (κ2) is 6.00. The molecule has 0 bridgehead atoms. The van der Waals surface area contributed by atoms with Gasteiger partial charge in [0.25, 0.3) is 11.6 Å². The van der Waals surface area contributed by atoms with Crippen molar-refractivity contribution in [2.24, 2.45) is 0 Å². The maximum atomic E-state index is 12.5. The highest BCUT2D eigenvalue weighted by atomic mass is 16.6. The summed E-state index contributed by atoms with van der Waals surface area (Å²) in [6, 6.07) is 4.45. The molecule has 1 amide bonds. The number of hydrogen-bond donors (Lipinski definition) is 0. The maximum absolute atomic E-state index is 12.5. The summed E-state index contributed by atoms with van der Waals surface area (Å²) in [5.74, 6) is -0.0723. The molecule has 1 aliphatic rings. The van der Waals surface area contributed by atoms with Crippen molar-refractivity contribution in [1.29, 1.82) is 0 Å². The quantitative estimate of drug-likeness (QED) is 0.625. The number of benzene rings is 1. The molecule has 1 aromatic rings. The molecule has 108 valence electrons. The van der Waals surface area contributed by atoms with Crippen molar-refractivity contribution in [1.82, 2.24) is 4.90 Å². The molecule has 0 saturated carbocycles. The predicted molar refractivity (Wildman–Crippen MR) is 73.8 cm³/mol. The van der Waals surface area contributed by atoms with Crippen LogP contribution in [0, 0.1) is 17.0 Å². The second-order valence-corrected chi connectivity index (χ2v) is 5.01. The van der Waals surface area contributed by atoms with Crippen molar-refractivity contribution >= 4 is 11.6 Å². The normalized spacial score (nSPS) is 18.3. The Kier molecular flexibility index (Phi) is 4.34. The molecular weight excluding hydrogens is 260 g/mol. The molecule has 0 spiro atoms. The van der Waals surface area contributed by atoms with E-state index in [0.29, 0.717) is 24.3 Å². The van der Waals surface area contributed by atoms with Crippen LogP contribution in [-0.2, 0) is 4.74 Å². The van der Waals surface area contributed by atoms with Gasteiger partial charge in [-0.2, -0.15) is 0 Å². The lowest BCUT2D eigenvalue weighted by Crippen LogP contribution is -2.38. The zero-order valence-corrected chi connectivity index (χ0v) is 11.7. The summed E-state index contributed by atoms with van der Waals surface area (Å²) >= 11 is 0. The minimum Gasteiger partial charge on any atom is -0.383 e. The van der Waals surface area contributed by atoms with Gasteiger partial charge in [-0.25, -0.2) is 0 Å². The van der Waals surface area contributed by atoms with Crippen LogP contribution in [0.4, 0.5) is 5.69 Å². The lowest BCUT2D eigenvalue weighted by Gasteiger charge is -2.24. The van der Waals surface area contributed by atoms with Gasteiger partial charge in [-0.1, -0.05) is 0 Å². The van der Waals surface area contributed by atoms with Crippen molar-refractivity contribution in [3.05, 3.63) is 39.4 Å². The molecule has 1 fully saturated rings. The Hall–Kier alpha value is -1.95. The topological polar surface area (TPSA) is 72.7 Å². The summed E-state index contributed by atoms with van der Waals surface area (Å²) in [6.45, 7) is 2.96. The molecule has 1 saturated heterocycles. The highest BCUT2D eigenvalue weighted by Gasteiger charge is 2.30. The summed E-state index contributed by atoms with van der Waals surface area (Å²) in [5.41, 5.74) is 1.17. The number of methoxy groups -OCH3 is 1. The summed E-state index contributed by atoms with van der Waals surface area (Å²) in [5, 5.41) is 10.7. The van der Waals surface area contributed by atoms with Crippen LogP contribution in [0.2, 0.25) is 0 Å². The molecule has 2 rings (SSSR count). The predicted octanol–water partition coefficient (Wildman–Crippen LogP) is 2.15. The van der Waals surface area contributed by atoms with Crippen LogP contribution in [0.5, 0.6) is 0 Å². The third-order valence-electron chi connectivity index (χ3n) is 3.65. The Morgan fingerprint density at radius 2 is 2.30 bits per heavy atom. The van der Waals surface area contributed by atoms with E-state index >= 15 is 0 Å². The van der Waals surface area contributed by atoms with Crippen molar-refractivity contribution in [3.8, 4) is 0 Å². The zero-order valence-electron chi connectivity index (χ0n) is 11.7. The summed E-state index contributed by atoms with van der Waals surface area (Å²) in [6.07, 6.45) is 1.90. The van der Waals surface area contributed by atoms with Crippen LogP contribution in [0.3, 0.4) is 0 Å². The SMILES string of the molecule is COC[C@@H]1CCCN1C(=O)c1ccc([N+](=O)[O-])cc1C. The molecule has 6 heteroatoms. The van der Waals surface area contributed by atoms with Crippen LogP contribution < -0.4 is 0 Å². The zero-order chi connectivity index (χ0) is 14.7. The highest BCUT2D eigenvalue weighted by molar-refractivity contribution is 5.96. The third kappa shape index (κ3) is 2.80. The minimum atomic E-state index is -0.454. The lowest BCUT2D eigenvalue weighted by atomic mass is 10.1. The molecule has 0 N–H and O–H groups in total. The van der Waals surface area contributed by atoms with Gasteiger partial charge < -0.3 is 9.64 Å². The van der Waals surface area contributed by atoms with Gasteiger partial charge in [-0.15, -0.1) is 0 Å². The largest absolute Gasteiger partial charge is 0.383 e. The van der Waals surface area contributed by atoms with Crippen molar-refractivity contribution in [2.45, 2.75) is 25.8 Å².